The number of carbonyl (C=O) groups excluding carboxylic acids is 1. The maximum Gasteiger partial charge on any atom is 0.273 e. The molecule has 6 unspecified atom stereocenters. The van der Waals surface area contributed by atoms with Crippen molar-refractivity contribution in [3.8, 4) is 12.3 Å². The minimum Gasteiger partial charge on any atom is -0.377 e. The zero-order valence-electron chi connectivity index (χ0n) is 23.6. The first-order chi connectivity index (χ1) is 19.9. The molecule has 0 saturated heterocycles. The van der Waals surface area contributed by atoms with E-state index in [2.05, 4.69) is 34.4 Å². The van der Waals surface area contributed by atoms with Crippen molar-refractivity contribution in [3.05, 3.63) is 69.9 Å². The van der Waals surface area contributed by atoms with Crippen LogP contribution in [0.5, 0.6) is 0 Å². The quantitative estimate of drug-likeness (QED) is 0.210. The van der Waals surface area contributed by atoms with E-state index in [0.717, 1.165) is 63.5 Å². The van der Waals surface area contributed by atoms with Gasteiger partial charge in [-0.3, -0.25) is 9.59 Å². The number of para-hydroxylation sites is 2. The van der Waals surface area contributed by atoms with Crippen molar-refractivity contribution < 1.29 is 9.90 Å². The second-order valence-electron chi connectivity index (χ2n) is 12.7. The van der Waals surface area contributed by atoms with Gasteiger partial charge in [-0.05, 0) is 112 Å². The molecule has 0 spiro atoms. The minimum atomic E-state index is -0.956. The fraction of sp³-hybridized carbons (Fsp3) is 0.457. The third kappa shape index (κ3) is 3.85. The molecule has 6 atom stereocenters. The third-order valence-electron chi connectivity index (χ3n) is 11.3. The second kappa shape index (κ2) is 9.70. The van der Waals surface area contributed by atoms with Crippen LogP contribution >= 0.6 is 0 Å². The molecule has 210 valence electrons. The highest BCUT2D eigenvalue weighted by Gasteiger charge is 2.63. The highest BCUT2D eigenvalue weighted by molar-refractivity contribution is 6.08. The smallest absolute Gasteiger partial charge is 0.273 e. The number of amides is 1. The van der Waals surface area contributed by atoms with Crippen LogP contribution in [0.4, 0.5) is 0 Å². The van der Waals surface area contributed by atoms with Crippen LogP contribution in [0.3, 0.4) is 0 Å². The topological polar surface area (TPSA) is 94.6 Å². The molecule has 1 heterocycles. The minimum absolute atomic E-state index is 0.0885. The second-order valence-corrected chi connectivity index (χ2v) is 12.7. The van der Waals surface area contributed by atoms with Gasteiger partial charge in [-0.1, -0.05) is 36.6 Å². The van der Waals surface area contributed by atoms with Gasteiger partial charge in [-0.25, -0.2) is 5.43 Å². The Labute approximate surface area is 240 Å². The molecule has 0 aliphatic heterocycles. The summed E-state index contributed by atoms with van der Waals surface area (Å²) in [6.45, 7) is 2.21. The maximum atomic E-state index is 13.3. The van der Waals surface area contributed by atoms with Crippen molar-refractivity contribution in [2.75, 3.05) is 0 Å². The van der Waals surface area contributed by atoms with E-state index in [9.17, 15) is 14.7 Å². The predicted molar refractivity (Wildman–Crippen MR) is 162 cm³/mol. The van der Waals surface area contributed by atoms with Gasteiger partial charge < -0.3 is 10.1 Å². The summed E-state index contributed by atoms with van der Waals surface area (Å²) in [5, 5.41) is 17.0. The van der Waals surface area contributed by atoms with Crippen molar-refractivity contribution >= 4 is 33.4 Å². The Hall–Kier alpha value is -3.69. The molecule has 2 aromatic carbocycles. The van der Waals surface area contributed by atoms with Crippen LogP contribution in [0.2, 0.25) is 0 Å². The van der Waals surface area contributed by atoms with E-state index in [-0.39, 0.29) is 16.8 Å². The fourth-order valence-electron chi connectivity index (χ4n) is 9.38. The molecule has 3 saturated carbocycles. The Morgan fingerprint density at radius 3 is 2.73 bits per heavy atom. The number of pyridine rings is 1. The number of allylic oxidation sites excluding steroid dienone is 2. The lowest BCUT2D eigenvalue weighted by Crippen LogP contribution is -2.53. The van der Waals surface area contributed by atoms with Crippen LogP contribution in [0.15, 0.2) is 64.0 Å². The van der Waals surface area contributed by atoms with Gasteiger partial charge in [0.25, 0.3) is 5.91 Å². The van der Waals surface area contributed by atoms with Crippen molar-refractivity contribution in [2.24, 2.45) is 34.2 Å². The van der Waals surface area contributed by atoms with Gasteiger partial charge in [0.2, 0.25) is 0 Å². The predicted octanol–water partition coefficient (Wildman–Crippen LogP) is 6.09. The van der Waals surface area contributed by atoms with Gasteiger partial charge in [0, 0.05) is 21.7 Å². The van der Waals surface area contributed by atoms with Crippen molar-refractivity contribution in [2.45, 2.75) is 70.3 Å². The van der Waals surface area contributed by atoms with E-state index in [1.165, 1.54) is 5.57 Å². The lowest BCUT2D eigenvalue weighted by molar-refractivity contribution is -0.0989. The van der Waals surface area contributed by atoms with Crippen LogP contribution < -0.4 is 10.9 Å². The average Bonchev–Trinajstić information content (AvgIpc) is 3.32. The molecule has 0 radical (unpaired) electrons. The molecule has 0 bridgehead atoms. The number of benzene rings is 2. The Morgan fingerprint density at radius 1 is 1.07 bits per heavy atom. The SMILES string of the molecule is C#CC1(O)CCC2C3CCC4=CC(=NNC(=O)c5cccc6c(=O)c7ccccc7[nH]c56)CCC4C3CCC21CC. The van der Waals surface area contributed by atoms with E-state index in [1.807, 2.05) is 18.2 Å². The lowest BCUT2D eigenvalue weighted by Gasteiger charge is -2.56. The molecule has 1 aromatic heterocycles. The number of H-pyrrole nitrogens is 1. The number of nitrogens with one attached hydrogen (secondary N) is 2. The summed E-state index contributed by atoms with van der Waals surface area (Å²) >= 11 is 0. The van der Waals surface area contributed by atoms with Crippen LogP contribution in [-0.2, 0) is 0 Å². The highest BCUT2D eigenvalue weighted by atomic mass is 16.3. The molecule has 6 nitrogen and oxygen atoms in total. The van der Waals surface area contributed by atoms with Gasteiger partial charge in [0.1, 0.15) is 5.60 Å². The van der Waals surface area contributed by atoms with E-state index in [4.69, 9.17) is 6.42 Å². The van der Waals surface area contributed by atoms with E-state index in [1.54, 1.807) is 24.3 Å². The monoisotopic (exact) mass is 547 g/mol. The summed E-state index contributed by atoms with van der Waals surface area (Å²) in [5.74, 6) is 4.81. The number of hydrogen-bond acceptors (Lipinski definition) is 4. The Bertz CT molecular complexity index is 1730. The lowest BCUT2D eigenvalue weighted by atomic mass is 9.49. The number of hydrogen-bond donors (Lipinski definition) is 3. The van der Waals surface area contributed by atoms with Crippen molar-refractivity contribution in [1.29, 1.82) is 0 Å². The molecule has 41 heavy (non-hydrogen) atoms. The summed E-state index contributed by atoms with van der Waals surface area (Å²) in [6, 6.07) is 12.6. The number of nitrogens with zero attached hydrogens (tertiary/aromatic N) is 1. The Morgan fingerprint density at radius 2 is 1.90 bits per heavy atom. The first-order valence-corrected chi connectivity index (χ1v) is 15.2. The summed E-state index contributed by atoms with van der Waals surface area (Å²) in [6.07, 6.45) is 17.0. The number of rotatable bonds is 3. The van der Waals surface area contributed by atoms with Gasteiger partial charge in [-0.2, -0.15) is 5.10 Å². The van der Waals surface area contributed by atoms with Crippen molar-refractivity contribution in [1.82, 2.24) is 10.4 Å². The fourth-order valence-corrected chi connectivity index (χ4v) is 9.38. The summed E-state index contributed by atoms with van der Waals surface area (Å²) in [7, 11) is 0. The summed E-state index contributed by atoms with van der Waals surface area (Å²) in [4.78, 5) is 29.6. The number of terminal acetylenes is 1. The first kappa shape index (κ1) is 26.2. The number of hydrazone groups is 1. The number of aromatic nitrogens is 1. The summed E-state index contributed by atoms with van der Waals surface area (Å²) < 4.78 is 0. The van der Waals surface area contributed by atoms with Crippen LogP contribution in [0.25, 0.3) is 21.8 Å². The third-order valence-corrected chi connectivity index (χ3v) is 11.3. The first-order valence-electron chi connectivity index (χ1n) is 15.2. The number of aliphatic hydroxyl groups is 1. The summed E-state index contributed by atoms with van der Waals surface area (Å²) in [5.41, 5.74) is 5.60. The molecule has 4 aliphatic carbocycles. The maximum absolute atomic E-state index is 13.3. The number of carbonyl (C=O) groups is 1. The zero-order valence-corrected chi connectivity index (χ0v) is 23.6. The molecule has 4 aliphatic rings. The van der Waals surface area contributed by atoms with E-state index in [0.29, 0.717) is 51.0 Å². The van der Waals surface area contributed by atoms with Gasteiger partial charge >= 0.3 is 0 Å². The van der Waals surface area contributed by atoms with Crippen LogP contribution in [0.1, 0.15) is 75.1 Å². The number of aromatic amines is 1. The molecule has 3 aromatic rings. The Kier molecular flexibility index (Phi) is 6.21. The van der Waals surface area contributed by atoms with Gasteiger partial charge in [-0.15, -0.1) is 6.42 Å². The number of fused-ring (bicyclic) bond motifs is 7. The molecule has 3 N–H and O–H groups in total. The molecular weight excluding hydrogens is 510 g/mol. The van der Waals surface area contributed by atoms with Gasteiger partial charge in [0.15, 0.2) is 5.43 Å². The normalized spacial score (nSPS) is 33.5. The van der Waals surface area contributed by atoms with Crippen LogP contribution in [-0.4, -0.2) is 27.3 Å². The van der Waals surface area contributed by atoms with E-state index >= 15 is 0 Å². The molecular formula is C35H37N3O3. The Balaban J connectivity index is 1.11. The highest BCUT2D eigenvalue weighted by Crippen LogP contribution is 2.66. The average molecular weight is 548 g/mol. The molecule has 3 fully saturated rings. The van der Waals surface area contributed by atoms with Crippen LogP contribution in [0, 0.1) is 41.4 Å². The standard InChI is InChI=1S/C35H37N3O3/c1-3-34-18-16-24-23-15-13-22(20-21(23)12-14-25(24)29(34)17-19-35(34,41)4-2)37-38-33(40)28-10-7-9-27-31(28)36-30-11-6-5-8-26(30)32(27)39/h2,5-11,20,23-25,29,41H,3,12-19H2,1H3,(H,36,39)(H,38,40). The zero-order chi connectivity index (χ0) is 28.4. The van der Waals surface area contributed by atoms with Crippen molar-refractivity contribution in [3.63, 3.8) is 0 Å². The molecule has 1 amide bonds. The van der Waals surface area contributed by atoms with E-state index < -0.39 is 5.60 Å². The molecule has 6 heteroatoms. The largest absolute Gasteiger partial charge is 0.377 e. The van der Waals surface area contributed by atoms with Gasteiger partial charge in [0.05, 0.1) is 16.8 Å². The molecule has 7 rings (SSSR count).